The summed E-state index contributed by atoms with van der Waals surface area (Å²) in [6, 6.07) is 10.0. The number of carbonyl (C=O) groups excluding carboxylic acids is 1. The SMILES string of the molecule is Cc1nc(-c2ccccn2)sc1C(=O)N1CCN(Cc2cccs2)CC1. The molecule has 0 bridgehead atoms. The van der Waals surface area contributed by atoms with Crippen LogP contribution in [0.4, 0.5) is 0 Å². The summed E-state index contributed by atoms with van der Waals surface area (Å²) < 4.78 is 0. The molecule has 1 fully saturated rings. The van der Waals surface area contributed by atoms with Gasteiger partial charge in [0.05, 0.1) is 11.4 Å². The predicted octanol–water partition coefficient (Wildman–Crippen LogP) is 3.53. The zero-order valence-electron chi connectivity index (χ0n) is 14.6. The van der Waals surface area contributed by atoms with Gasteiger partial charge in [-0.1, -0.05) is 12.1 Å². The molecule has 3 aromatic rings. The van der Waals surface area contributed by atoms with Gasteiger partial charge in [0, 0.05) is 43.8 Å². The minimum absolute atomic E-state index is 0.0953. The number of thiophene rings is 1. The molecule has 7 heteroatoms. The third kappa shape index (κ3) is 3.70. The van der Waals surface area contributed by atoms with Crippen molar-refractivity contribution in [2.75, 3.05) is 26.2 Å². The first-order chi connectivity index (χ1) is 12.7. The van der Waals surface area contributed by atoms with Crippen LogP contribution in [0.25, 0.3) is 10.7 Å². The number of amides is 1. The number of aromatic nitrogens is 2. The second-order valence-electron chi connectivity index (χ2n) is 6.30. The minimum atomic E-state index is 0.0953. The van der Waals surface area contributed by atoms with E-state index >= 15 is 0 Å². The van der Waals surface area contributed by atoms with Gasteiger partial charge in [0.2, 0.25) is 0 Å². The predicted molar refractivity (Wildman–Crippen MR) is 106 cm³/mol. The Balaban J connectivity index is 1.41. The summed E-state index contributed by atoms with van der Waals surface area (Å²) in [6.07, 6.45) is 1.75. The molecule has 1 aliphatic rings. The fraction of sp³-hybridized carbons (Fsp3) is 0.316. The van der Waals surface area contributed by atoms with Crippen LogP contribution in [0.15, 0.2) is 41.9 Å². The van der Waals surface area contributed by atoms with Crippen LogP contribution in [0.1, 0.15) is 20.2 Å². The molecule has 4 rings (SSSR count). The van der Waals surface area contributed by atoms with E-state index in [4.69, 9.17) is 0 Å². The smallest absolute Gasteiger partial charge is 0.265 e. The summed E-state index contributed by atoms with van der Waals surface area (Å²) >= 11 is 3.23. The van der Waals surface area contributed by atoms with Crippen LogP contribution in [-0.2, 0) is 6.54 Å². The molecular formula is C19H20N4OS2. The third-order valence-corrected chi connectivity index (χ3v) is 6.52. The van der Waals surface area contributed by atoms with Crippen molar-refractivity contribution in [1.29, 1.82) is 0 Å². The molecule has 0 aliphatic carbocycles. The fourth-order valence-corrected chi connectivity index (χ4v) is 4.83. The van der Waals surface area contributed by atoms with Gasteiger partial charge in [-0.05, 0) is 30.5 Å². The first kappa shape index (κ1) is 17.3. The molecule has 1 saturated heterocycles. The Morgan fingerprint density at radius 3 is 2.69 bits per heavy atom. The van der Waals surface area contributed by atoms with Crippen molar-refractivity contribution in [2.24, 2.45) is 0 Å². The van der Waals surface area contributed by atoms with E-state index < -0.39 is 0 Å². The van der Waals surface area contributed by atoms with E-state index in [0.29, 0.717) is 0 Å². The van der Waals surface area contributed by atoms with Gasteiger partial charge in [0.1, 0.15) is 9.88 Å². The molecule has 0 aromatic carbocycles. The van der Waals surface area contributed by atoms with Gasteiger partial charge in [-0.25, -0.2) is 4.98 Å². The first-order valence-electron chi connectivity index (χ1n) is 8.63. The lowest BCUT2D eigenvalue weighted by atomic mass is 10.2. The quantitative estimate of drug-likeness (QED) is 0.690. The number of nitrogens with zero attached hydrogens (tertiary/aromatic N) is 4. The fourth-order valence-electron chi connectivity index (χ4n) is 3.07. The first-order valence-corrected chi connectivity index (χ1v) is 10.3. The molecule has 0 unspecified atom stereocenters. The number of pyridine rings is 1. The van der Waals surface area contributed by atoms with E-state index in [0.717, 1.165) is 54.0 Å². The van der Waals surface area contributed by atoms with Crippen molar-refractivity contribution in [3.8, 4) is 10.7 Å². The van der Waals surface area contributed by atoms with Crippen molar-refractivity contribution in [2.45, 2.75) is 13.5 Å². The zero-order valence-corrected chi connectivity index (χ0v) is 16.2. The maximum absolute atomic E-state index is 12.9. The lowest BCUT2D eigenvalue weighted by Gasteiger charge is -2.34. The van der Waals surface area contributed by atoms with Gasteiger partial charge < -0.3 is 4.90 Å². The molecule has 0 saturated carbocycles. The number of thiazole rings is 1. The molecule has 0 atom stereocenters. The Morgan fingerprint density at radius 1 is 1.15 bits per heavy atom. The molecular weight excluding hydrogens is 364 g/mol. The van der Waals surface area contributed by atoms with Crippen LogP contribution < -0.4 is 0 Å². The summed E-state index contributed by atoms with van der Waals surface area (Å²) in [5, 5.41) is 2.92. The molecule has 26 heavy (non-hydrogen) atoms. The lowest BCUT2D eigenvalue weighted by molar-refractivity contribution is 0.0633. The number of rotatable bonds is 4. The Morgan fingerprint density at radius 2 is 2.00 bits per heavy atom. The molecule has 0 spiro atoms. The van der Waals surface area contributed by atoms with Gasteiger partial charge in [0.15, 0.2) is 0 Å². The average molecular weight is 385 g/mol. The highest BCUT2D eigenvalue weighted by Crippen LogP contribution is 2.27. The van der Waals surface area contributed by atoms with Gasteiger partial charge in [0.25, 0.3) is 5.91 Å². The largest absolute Gasteiger partial charge is 0.335 e. The Kier molecular flexibility index (Phi) is 5.10. The van der Waals surface area contributed by atoms with E-state index in [1.807, 2.05) is 30.0 Å². The minimum Gasteiger partial charge on any atom is -0.335 e. The molecule has 1 amide bonds. The van der Waals surface area contributed by atoms with E-state index in [1.165, 1.54) is 16.2 Å². The summed E-state index contributed by atoms with van der Waals surface area (Å²) in [7, 11) is 0. The number of hydrogen-bond acceptors (Lipinski definition) is 6. The van der Waals surface area contributed by atoms with E-state index in [-0.39, 0.29) is 5.91 Å². The van der Waals surface area contributed by atoms with E-state index in [9.17, 15) is 4.79 Å². The Bertz CT molecular complexity index is 868. The van der Waals surface area contributed by atoms with Crippen molar-refractivity contribution in [3.05, 3.63) is 57.4 Å². The van der Waals surface area contributed by atoms with Crippen LogP contribution in [0, 0.1) is 6.92 Å². The van der Waals surface area contributed by atoms with Crippen LogP contribution >= 0.6 is 22.7 Å². The van der Waals surface area contributed by atoms with Gasteiger partial charge in [-0.2, -0.15) is 0 Å². The van der Waals surface area contributed by atoms with Crippen molar-refractivity contribution in [1.82, 2.24) is 19.8 Å². The maximum atomic E-state index is 12.9. The van der Waals surface area contributed by atoms with Gasteiger partial charge in [-0.15, -0.1) is 22.7 Å². The molecule has 5 nitrogen and oxygen atoms in total. The third-order valence-electron chi connectivity index (χ3n) is 4.49. The Labute approximate surface area is 160 Å². The van der Waals surface area contributed by atoms with E-state index in [1.54, 1.807) is 17.5 Å². The van der Waals surface area contributed by atoms with Crippen molar-refractivity contribution >= 4 is 28.6 Å². The highest BCUT2D eigenvalue weighted by atomic mass is 32.1. The number of aryl methyl sites for hydroxylation is 1. The van der Waals surface area contributed by atoms with E-state index in [2.05, 4.69) is 32.4 Å². The summed E-state index contributed by atoms with van der Waals surface area (Å²) in [5.41, 5.74) is 1.61. The lowest BCUT2D eigenvalue weighted by Crippen LogP contribution is -2.48. The zero-order chi connectivity index (χ0) is 17.9. The monoisotopic (exact) mass is 384 g/mol. The second kappa shape index (κ2) is 7.65. The maximum Gasteiger partial charge on any atom is 0.265 e. The summed E-state index contributed by atoms with van der Waals surface area (Å²) in [4.78, 5) is 28.3. The standard InChI is InChI=1S/C19H20N4OS2/c1-14-17(26-18(21-14)16-6-2-3-7-20-16)19(24)23-10-8-22(9-11-23)13-15-5-4-12-25-15/h2-7,12H,8-11,13H2,1H3. The second-order valence-corrected chi connectivity index (χ2v) is 8.33. The molecule has 0 radical (unpaired) electrons. The average Bonchev–Trinajstić information content (AvgIpc) is 3.32. The molecule has 0 N–H and O–H groups in total. The molecule has 3 aromatic heterocycles. The number of piperazine rings is 1. The highest BCUT2D eigenvalue weighted by molar-refractivity contribution is 7.17. The topological polar surface area (TPSA) is 49.3 Å². The van der Waals surface area contributed by atoms with Crippen LogP contribution in [0.2, 0.25) is 0 Å². The van der Waals surface area contributed by atoms with Gasteiger partial charge in [-0.3, -0.25) is 14.7 Å². The van der Waals surface area contributed by atoms with Crippen LogP contribution in [0.5, 0.6) is 0 Å². The van der Waals surface area contributed by atoms with Crippen LogP contribution in [0.3, 0.4) is 0 Å². The summed E-state index contributed by atoms with van der Waals surface area (Å²) in [5.74, 6) is 0.0953. The molecule has 1 aliphatic heterocycles. The van der Waals surface area contributed by atoms with Crippen molar-refractivity contribution in [3.63, 3.8) is 0 Å². The molecule has 4 heterocycles. The Hall–Kier alpha value is -2.09. The summed E-state index contributed by atoms with van der Waals surface area (Å²) in [6.45, 7) is 6.23. The van der Waals surface area contributed by atoms with Gasteiger partial charge >= 0.3 is 0 Å². The van der Waals surface area contributed by atoms with Crippen molar-refractivity contribution < 1.29 is 4.79 Å². The van der Waals surface area contributed by atoms with Crippen LogP contribution in [-0.4, -0.2) is 51.9 Å². The molecule has 134 valence electrons. The normalized spacial score (nSPS) is 15.3. The number of carbonyl (C=O) groups is 1. The number of hydrogen-bond donors (Lipinski definition) is 0. The highest BCUT2D eigenvalue weighted by Gasteiger charge is 2.26.